The molecule has 0 saturated carbocycles. The zero-order valence-corrected chi connectivity index (χ0v) is 21.1. The first-order valence-electron chi connectivity index (χ1n) is 11.4. The van der Waals surface area contributed by atoms with E-state index in [0.29, 0.717) is 28.4 Å². The van der Waals surface area contributed by atoms with Crippen molar-refractivity contribution in [1.29, 1.82) is 0 Å². The van der Waals surface area contributed by atoms with Gasteiger partial charge in [-0.15, -0.1) is 22.7 Å². The molecule has 0 spiro atoms. The van der Waals surface area contributed by atoms with Crippen LogP contribution in [0.1, 0.15) is 35.9 Å². The van der Waals surface area contributed by atoms with Crippen LogP contribution in [0.3, 0.4) is 0 Å². The van der Waals surface area contributed by atoms with Gasteiger partial charge >= 0.3 is 0 Å². The summed E-state index contributed by atoms with van der Waals surface area (Å²) in [5.41, 5.74) is 1.95. The second-order valence-corrected chi connectivity index (χ2v) is 10.6. The van der Waals surface area contributed by atoms with Crippen LogP contribution in [0.2, 0.25) is 0 Å². The van der Waals surface area contributed by atoms with Gasteiger partial charge in [0, 0.05) is 49.2 Å². The lowest BCUT2D eigenvalue weighted by molar-refractivity contribution is -0.118. The molecule has 2 N–H and O–H groups in total. The molecule has 10 heteroatoms. The van der Waals surface area contributed by atoms with E-state index in [1.165, 1.54) is 28.2 Å². The molecule has 1 aliphatic heterocycles. The van der Waals surface area contributed by atoms with E-state index >= 15 is 0 Å². The molecule has 4 rings (SSSR count). The lowest BCUT2D eigenvalue weighted by Crippen LogP contribution is -2.48. The number of amides is 2. The van der Waals surface area contributed by atoms with Crippen LogP contribution >= 0.6 is 22.7 Å². The number of carbonyl (C=O) groups excluding carboxylic acids is 2. The molecule has 0 bridgehead atoms. The Labute approximate surface area is 208 Å². The Morgan fingerprint density at radius 3 is 2.41 bits per heavy atom. The Bertz CT molecular complexity index is 1090. The lowest BCUT2D eigenvalue weighted by Gasteiger charge is -2.34. The first-order valence-corrected chi connectivity index (χ1v) is 13.1. The minimum atomic E-state index is -0.166. The van der Waals surface area contributed by atoms with Crippen molar-refractivity contribution in [1.82, 2.24) is 19.8 Å². The van der Waals surface area contributed by atoms with Crippen LogP contribution < -0.4 is 10.6 Å². The third-order valence-corrected chi connectivity index (χ3v) is 7.58. The van der Waals surface area contributed by atoms with Crippen molar-refractivity contribution >= 4 is 44.8 Å². The quantitative estimate of drug-likeness (QED) is 0.468. The Morgan fingerprint density at radius 1 is 1.00 bits per heavy atom. The number of nitrogens with zero attached hydrogens (tertiary/aromatic N) is 4. The van der Waals surface area contributed by atoms with Crippen LogP contribution in [-0.2, 0) is 22.6 Å². The standard InChI is InChI=1S/C24H30N6O2S2/c1-17(2)20-13-25-23(34-20)27-21(31)12-19-16-33-24(26-19)28-22(32)15-30-10-8-29(9-11-30)14-18-6-4-3-5-7-18/h3-7,13,16-17H,8-12,14-15H2,1-2H3,(H,25,27,31)(H,26,28,32). The Balaban J connectivity index is 1.18. The van der Waals surface area contributed by atoms with Gasteiger partial charge < -0.3 is 10.6 Å². The molecule has 1 fully saturated rings. The minimum Gasteiger partial charge on any atom is -0.302 e. The van der Waals surface area contributed by atoms with E-state index in [1.807, 2.05) is 6.07 Å². The summed E-state index contributed by atoms with van der Waals surface area (Å²) in [6.07, 6.45) is 1.94. The summed E-state index contributed by atoms with van der Waals surface area (Å²) in [7, 11) is 0. The van der Waals surface area contributed by atoms with Crippen LogP contribution in [0.25, 0.3) is 0 Å². The SMILES string of the molecule is CC(C)c1cnc(NC(=O)Cc2csc(NC(=O)CN3CCN(Cc4ccccc4)CC3)n2)s1. The average Bonchev–Trinajstić information content (AvgIpc) is 3.45. The first-order chi connectivity index (χ1) is 16.4. The molecule has 0 aliphatic carbocycles. The normalized spacial score (nSPS) is 14.9. The van der Waals surface area contributed by atoms with E-state index in [-0.39, 0.29) is 18.2 Å². The van der Waals surface area contributed by atoms with Gasteiger partial charge in [0.05, 0.1) is 18.7 Å². The first kappa shape index (κ1) is 24.5. The molecule has 2 amide bonds. The lowest BCUT2D eigenvalue weighted by atomic mass is 10.2. The molecule has 180 valence electrons. The predicted molar refractivity (Wildman–Crippen MR) is 137 cm³/mol. The highest BCUT2D eigenvalue weighted by atomic mass is 32.1. The molecular formula is C24H30N6O2S2. The molecule has 34 heavy (non-hydrogen) atoms. The summed E-state index contributed by atoms with van der Waals surface area (Å²) in [6, 6.07) is 10.5. The second-order valence-electron chi connectivity index (χ2n) is 8.68. The molecule has 3 aromatic rings. The highest BCUT2D eigenvalue weighted by Gasteiger charge is 2.20. The number of anilines is 2. The number of hydrogen-bond donors (Lipinski definition) is 2. The number of carbonyl (C=O) groups is 2. The summed E-state index contributed by atoms with van der Waals surface area (Å²) in [6.45, 7) is 9.07. The van der Waals surface area contributed by atoms with Crippen molar-refractivity contribution in [2.45, 2.75) is 32.7 Å². The van der Waals surface area contributed by atoms with Gasteiger partial charge in [-0.3, -0.25) is 19.4 Å². The zero-order chi connectivity index (χ0) is 23.9. The molecule has 1 saturated heterocycles. The van der Waals surface area contributed by atoms with Gasteiger partial charge in [-0.1, -0.05) is 44.2 Å². The molecule has 2 aromatic heterocycles. The number of benzene rings is 1. The fraction of sp³-hybridized carbons (Fsp3) is 0.417. The van der Waals surface area contributed by atoms with Crippen LogP contribution in [0, 0.1) is 0 Å². The Kier molecular flexibility index (Phi) is 8.39. The Hall–Kier alpha value is -2.66. The van der Waals surface area contributed by atoms with Crippen LogP contribution in [0.4, 0.5) is 10.3 Å². The van der Waals surface area contributed by atoms with Gasteiger partial charge in [-0.05, 0) is 11.5 Å². The molecule has 3 heterocycles. The minimum absolute atomic E-state index is 0.0779. The van der Waals surface area contributed by atoms with E-state index in [0.717, 1.165) is 37.6 Å². The van der Waals surface area contributed by atoms with E-state index in [2.05, 4.69) is 68.5 Å². The number of hydrogen-bond acceptors (Lipinski definition) is 8. The molecular weight excluding hydrogens is 468 g/mol. The summed E-state index contributed by atoms with van der Waals surface area (Å²) in [5, 5.41) is 8.62. The van der Waals surface area contributed by atoms with Crippen LogP contribution in [-0.4, -0.2) is 64.3 Å². The van der Waals surface area contributed by atoms with Gasteiger partial charge in [0.25, 0.3) is 0 Å². The maximum atomic E-state index is 12.5. The van der Waals surface area contributed by atoms with E-state index in [9.17, 15) is 9.59 Å². The third kappa shape index (κ3) is 7.17. The topological polar surface area (TPSA) is 90.5 Å². The third-order valence-electron chi connectivity index (χ3n) is 5.56. The maximum Gasteiger partial charge on any atom is 0.240 e. The highest BCUT2D eigenvalue weighted by molar-refractivity contribution is 7.15. The highest BCUT2D eigenvalue weighted by Crippen LogP contribution is 2.25. The van der Waals surface area contributed by atoms with E-state index in [1.54, 1.807) is 11.6 Å². The fourth-order valence-electron chi connectivity index (χ4n) is 3.69. The number of piperazine rings is 1. The molecule has 0 unspecified atom stereocenters. The van der Waals surface area contributed by atoms with E-state index in [4.69, 9.17) is 0 Å². The van der Waals surface area contributed by atoms with Gasteiger partial charge in [0.15, 0.2) is 10.3 Å². The number of aromatic nitrogens is 2. The van der Waals surface area contributed by atoms with Crippen molar-refractivity contribution in [3.63, 3.8) is 0 Å². The van der Waals surface area contributed by atoms with E-state index < -0.39 is 0 Å². The zero-order valence-electron chi connectivity index (χ0n) is 19.5. The van der Waals surface area contributed by atoms with Gasteiger partial charge in [-0.25, -0.2) is 9.97 Å². The summed E-state index contributed by atoms with van der Waals surface area (Å²) >= 11 is 2.82. The van der Waals surface area contributed by atoms with Gasteiger partial charge in [-0.2, -0.15) is 0 Å². The van der Waals surface area contributed by atoms with Crippen LogP contribution in [0.5, 0.6) is 0 Å². The monoisotopic (exact) mass is 498 g/mol. The smallest absolute Gasteiger partial charge is 0.240 e. The van der Waals surface area contributed by atoms with Crippen molar-refractivity contribution in [3.8, 4) is 0 Å². The molecule has 0 atom stereocenters. The molecule has 0 radical (unpaired) electrons. The van der Waals surface area contributed by atoms with Crippen molar-refractivity contribution in [3.05, 3.63) is 58.0 Å². The van der Waals surface area contributed by atoms with Gasteiger partial charge in [0.2, 0.25) is 11.8 Å². The van der Waals surface area contributed by atoms with Gasteiger partial charge in [0.1, 0.15) is 0 Å². The predicted octanol–water partition coefficient (Wildman–Crippen LogP) is 3.66. The largest absolute Gasteiger partial charge is 0.302 e. The average molecular weight is 499 g/mol. The van der Waals surface area contributed by atoms with Crippen molar-refractivity contribution in [2.24, 2.45) is 0 Å². The maximum absolute atomic E-state index is 12.5. The molecule has 1 aromatic carbocycles. The summed E-state index contributed by atoms with van der Waals surface area (Å²) in [4.78, 5) is 39.2. The fourth-order valence-corrected chi connectivity index (χ4v) is 5.25. The summed E-state index contributed by atoms with van der Waals surface area (Å²) < 4.78 is 0. The number of rotatable bonds is 9. The van der Waals surface area contributed by atoms with Crippen LogP contribution in [0.15, 0.2) is 41.9 Å². The van der Waals surface area contributed by atoms with Crippen molar-refractivity contribution in [2.75, 3.05) is 43.4 Å². The van der Waals surface area contributed by atoms with Crippen molar-refractivity contribution < 1.29 is 9.59 Å². The molecule has 1 aliphatic rings. The number of nitrogens with one attached hydrogen (secondary N) is 2. The number of thiazole rings is 2. The second kappa shape index (κ2) is 11.7. The molecule has 8 nitrogen and oxygen atoms in total. The summed E-state index contributed by atoms with van der Waals surface area (Å²) in [5.74, 6) is 0.137. The Morgan fingerprint density at radius 2 is 1.71 bits per heavy atom.